The molecule has 2 aliphatic rings. The van der Waals surface area contributed by atoms with Gasteiger partial charge in [0, 0.05) is 26.4 Å². The van der Waals surface area contributed by atoms with E-state index in [9.17, 15) is 10.1 Å². The van der Waals surface area contributed by atoms with Crippen LogP contribution in [0, 0.1) is 23.0 Å². The number of hydrogen-bond acceptors (Lipinski definition) is 6. The molecule has 8 heteroatoms. The second kappa shape index (κ2) is 5.85. The Morgan fingerprint density at radius 3 is 2.64 bits per heavy atom. The molecule has 1 aromatic heterocycles. The maximum Gasteiger partial charge on any atom is 0.333 e. The number of aromatic nitrogens is 2. The lowest BCUT2D eigenvalue weighted by Gasteiger charge is -2.35. The summed E-state index contributed by atoms with van der Waals surface area (Å²) in [4.78, 5) is 10.8. The van der Waals surface area contributed by atoms with Crippen LogP contribution in [0.3, 0.4) is 0 Å². The fourth-order valence-corrected chi connectivity index (χ4v) is 3.41. The summed E-state index contributed by atoms with van der Waals surface area (Å²) in [6, 6.07) is 0. The normalized spacial score (nSPS) is 21.4. The Labute approximate surface area is 128 Å². The zero-order valence-electron chi connectivity index (χ0n) is 13.0. The lowest BCUT2D eigenvalue weighted by atomic mass is 9.85. The van der Waals surface area contributed by atoms with Gasteiger partial charge in [-0.05, 0) is 25.7 Å². The summed E-state index contributed by atoms with van der Waals surface area (Å²) in [6.07, 6.45) is 3.78. The Morgan fingerprint density at radius 1 is 1.41 bits per heavy atom. The van der Waals surface area contributed by atoms with Crippen LogP contribution in [0.2, 0.25) is 0 Å². The monoisotopic (exact) mass is 310 g/mol. The predicted molar refractivity (Wildman–Crippen MR) is 79.7 cm³/mol. The van der Waals surface area contributed by atoms with Gasteiger partial charge in [-0.2, -0.15) is 5.10 Å². The topological polar surface area (TPSA) is 91.5 Å². The van der Waals surface area contributed by atoms with Gasteiger partial charge in [-0.1, -0.05) is 0 Å². The van der Waals surface area contributed by atoms with E-state index < -0.39 is 0 Å². The van der Waals surface area contributed by atoms with E-state index in [1.54, 1.807) is 18.7 Å². The van der Waals surface area contributed by atoms with Crippen LogP contribution < -0.4 is 5.32 Å². The van der Waals surface area contributed by atoms with Crippen molar-refractivity contribution in [2.45, 2.75) is 38.4 Å². The number of nitrogens with zero attached hydrogens (tertiary/aromatic N) is 3. The molecule has 0 radical (unpaired) electrons. The minimum atomic E-state index is -0.374. The Hall–Kier alpha value is -1.67. The van der Waals surface area contributed by atoms with Gasteiger partial charge in [-0.3, -0.25) is 10.1 Å². The summed E-state index contributed by atoms with van der Waals surface area (Å²) in [5.41, 5.74) is 0.502. The van der Waals surface area contributed by atoms with Crippen molar-refractivity contribution in [3.05, 3.63) is 15.8 Å². The van der Waals surface area contributed by atoms with E-state index in [0.29, 0.717) is 37.2 Å². The number of hydrogen-bond donors (Lipinski definition) is 1. The number of anilines is 1. The van der Waals surface area contributed by atoms with Crippen molar-refractivity contribution in [2.75, 3.05) is 25.1 Å². The number of aryl methyl sites for hydroxylation is 2. The molecule has 2 fully saturated rings. The van der Waals surface area contributed by atoms with Crippen LogP contribution in [-0.4, -0.2) is 40.2 Å². The van der Waals surface area contributed by atoms with Crippen molar-refractivity contribution in [1.82, 2.24) is 9.78 Å². The van der Waals surface area contributed by atoms with Gasteiger partial charge in [0.25, 0.3) is 0 Å². The summed E-state index contributed by atoms with van der Waals surface area (Å²) in [7, 11) is 1.72. The molecule has 0 amide bonds. The van der Waals surface area contributed by atoms with Crippen LogP contribution in [0.5, 0.6) is 0 Å². The third-order valence-corrected chi connectivity index (χ3v) is 4.61. The fourth-order valence-electron chi connectivity index (χ4n) is 3.41. The number of rotatable bonds is 4. The first-order chi connectivity index (χ1) is 10.5. The van der Waals surface area contributed by atoms with Gasteiger partial charge >= 0.3 is 5.69 Å². The van der Waals surface area contributed by atoms with Crippen LogP contribution in [-0.2, 0) is 16.5 Å². The summed E-state index contributed by atoms with van der Waals surface area (Å²) in [5.74, 6) is 0.593. The first-order valence-electron chi connectivity index (χ1n) is 7.70. The van der Waals surface area contributed by atoms with E-state index in [2.05, 4.69) is 10.4 Å². The molecule has 1 aromatic rings. The molecule has 1 aliphatic carbocycles. The molecular formula is C14H22N4O4. The maximum atomic E-state index is 11.2. The molecule has 3 rings (SSSR count). The van der Waals surface area contributed by atoms with Crippen molar-refractivity contribution in [3.63, 3.8) is 0 Å². The minimum absolute atomic E-state index is 0.0669. The molecule has 1 aliphatic heterocycles. The van der Waals surface area contributed by atoms with Crippen LogP contribution in [0.4, 0.5) is 11.5 Å². The molecule has 1 N–H and O–H groups in total. The van der Waals surface area contributed by atoms with Crippen molar-refractivity contribution >= 4 is 11.5 Å². The largest absolute Gasteiger partial charge is 0.364 e. The third-order valence-electron chi connectivity index (χ3n) is 4.61. The standard InChI is InChI=1S/C14H22N4O4/c1-10-12(18(19)20)13(17(2)16-10)15-9-11-3-5-14(6-4-11)21-7-8-22-14/h11,15H,3-9H2,1-2H3. The van der Waals surface area contributed by atoms with Crippen molar-refractivity contribution in [3.8, 4) is 0 Å². The van der Waals surface area contributed by atoms with Crippen LogP contribution in [0.1, 0.15) is 31.4 Å². The fraction of sp³-hybridized carbons (Fsp3) is 0.786. The second-order valence-electron chi connectivity index (χ2n) is 6.10. The molecule has 8 nitrogen and oxygen atoms in total. The highest BCUT2D eigenvalue weighted by Gasteiger charge is 2.40. The number of ether oxygens (including phenoxy) is 2. The zero-order valence-corrected chi connectivity index (χ0v) is 13.0. The molecule has 122 valence electrons. The first kappa shape index (κ1) is 15.2. The average Bonchev–Trinajstić information content (AvgIpc) is 3.03. The lowest BCUT2D eigenvalue weighted by Crippen LogP contribution is -2.36. The van der Waals surface area contributed by atoms with Gasteiger partial charge in [-0.15, -0.1) is 0 Å². The summed E-state index contributed by atoms with van der Waals surface area (Å²) < 4.78 is 13.0. The smallest absolute Gasteiger partial charge is 0.333 e. The highest BCUT2D eigenvalue weighted by molar-refractivity contribution is 5.59. The molecular weight excluding hydrogens is 288 g/mol. The van der Waals surface area contributed by atoms with Gasteiger partial charge < -0.3 is 14.8 Å². The van der Waals surface area contributed by atoms with Crippen molar-refractivity contribution < 1.29 is 14.4 Å². The lowest BCUT2D eigenvalue weighted by molar-refractivity contribution is -0.384. The van der Waals surface area contributed by atoms with Crippen molar-refractivity contribution in [1.29, 1.82) is 0 Å². The van der Waals surface area contributed by atoms with E-state index >= 15 is 0 Å². The second-order valence-corrected chi connectivity index (χ2v) is 6.10. The van der Waals surface area contributed by atoms with Crippen LogP contribution in [0.25, 0.3) is 0 Å². The number of nitrogens with one attached hydrogen (secondary N) is 1. The van der Waals surface area contributed by atoms with Gasteiger partial charge in [0.1, 0.15) is 5.69 Å². The van der Waals surface area contributed by atoms with Gasteiger partial charge in [0.05, 0.1) is 18.1 Å². The quantitative estimate of drug-likeness (QED) is 0.675. The summed E-state index contributed by atoms with van der Waals surface area (Å²) >= 11 is 0. The Balaban J connectivity index is 1.59. The molecule has 1 saturated carbocycles. The average molecular weight is 310 g/mol. The maximum absolute atomic E-state index is 11.2. The summed E-state index contributed by atoms with van der Waals surface area (Å²) in [5, 5.41) is 18.5. The zero-order chi connectivity index (χ0) is 15.7. The van der Waals surface area contributed by atoms with Gasteiger partial charge in [0.15, 0.2) is 5.79 Å². The molecule has 1 spiro atoms. The molecule has 0 aromatic carbocycles. The Bertz CT molecular complexity index is 555. The van der Waals surface area contributed by atoms with E-state index in [4.69, 9.17) is 9.47 Å². The third kappa shape index (κ3) is 2.80. The van der Waals surface area contributed by atoms with Crippen LogP contribution in [0.15, 0.2) is 0 Å². The van der Waals surface area contributed by atoms with Gasteiger partial charge in [0.2, 0.25) is 5.82 Å². The highest BCUT2D eigenvalue weighted by Crippen LogP contribution is 2.38. The Kier molecular flexibility index (Phi) is 4.05. The molecule has 1 saturated heterocycles. The van der Waals surface area contributed by atoms with Gasteiger partial charge in [-0.25, -0.2) is 4.68 Å². The van der Waals surface area contributed by atoms with E-state index in [1.807, 2.05) is 0 Å². The molecule has 22 heavy (non-hydrogen) atoms. The summed E-state index contributed by atoms with van der Waals surface area (Å²) in [6.45, 7) is 3.73. The van der Waals surface area contributed by atoms with Crippen molar-refractivity contribution in [2.24, 2.45) is 13.0 Å². The minimum Gasteiger partial charge on any atom is -0.364 e. The van der Waals surface area contributed by atoms with Crippen LogP contribution >= 0.6 is 0 Å². The first-order valence-corrected chi connectivity index (χ1v) is 7.70. The Morgan fingerprint density at radius 2 is 2.05 bits per heavy atom. The number of nitro groups is 1. The van der Waals surface area contributed by atoms with E-state index in [1.165, 1.54) is 0 Å². The molecule has 0 unspecified atom stereocenters. The predicted octanol–water partition coefficient (Wildman–Crippen LogP) is 1.98. The molecule has 0 atom stereocenters. The molecule has 0 bridgehead atoms. The van der Waals surface area contributed by atoms with E-state index in [-0.39, 0.29) is 16.4 Å². The highest BCUT2D eigenvalue weighted by atomic mass is 16.7. The molecule has 2 heterocycles. The SMILES string of the molecule is Cc1nn(C)c(NCC2CCC3(CC2)OCCO3)c1[N+](=O)[O-]. The van der Waals surface area contributed by atoms with E-state index in [0.717, 1.165) is 25.7 Å².